The van der Waals surface area contributed by atoms with E-state index in [0.29, 0.717) is 16.7 Å². The second kappa shape index (κ2) is 8.39. The van der Waals surface area contributed by atoms with Gasteiger partial charge in [0, 0.05) is 29.8 Å². The number of hydrogen-bond acceptors (Lipinski definition) is 5. The Hall–Kier alpha value is -1.73. The second-order valence-electron chi connectivity index (χ2n) is 5.52. The lowest BCUT2D eigenvalue weighted by Crippen LogP contribution is -2.29. The molecule has 2 aromatic rings. The second-order valence-corrected chi connectivity index (χ2v) is 7.53. The number of likely N-dealkylation sites (tertiary alicyclic amines) is 1. The van der Waals surface area contributed by atoms with Crippen molar-refractivity contribution in [2.24, 2.45) is 0 Å². The van der Waals surface area contributed by atoms with E-state index in [4.69, 9.17) is 0 Å². The number of aromatic amines is 1. The molecule has 24 heavy (non-hydrogen) atoms. The molecule has 5 nitrogen and oxygen atoms in total. The van der Waals surface area contributed by atoms with Crippen molar-refractivity contribution in [1.29, 1.82) is 0 Å². The number of nitrogens with zero attached hydrogens (tertiary/aromatic N) is 2. The highest BCUT2D eigenvalue weighted by atomic mass is 32.2. The largest absolute Gasteiger partial charge is 0.342 e. The van der Waals surface area contributed by atoms with Crippen molar-refractivity contribution < 1.29 is 4.79 Å². The quantitative estimate of drug-likeness (QED) is 0.633. The van der Waals surface area contributed by atoms with Crippen LogP contribution in [0.15, 0.2) is 51.2 Å². The van der Waals surface area contributed by atoms with E-state index in [1.165, 1.54) is 17.8 Å². The number of carbonyl (C=O) groups is 1. The van der Waals surface area contributed by atoms with Gasteiger partial charge in [-0.25, -0.2) is 4.98 Å². The van der Waals surface area contributed by atoms with Crippen molar-refractivity contribution >= 4 is 29.4 Å². The van der Waals surface area contributed by atoms with E-state index < -0.39 is 0 Å². The Morgan fingerprint density at radius 1 is 1.17 bits per heavy atom. The van der Waals surface area contributed by atoms with Crippen LogP contribution >= 0.6 is 23.5 Å². The zero-order valence-electron chi connectivity index (χ0n) is 13.2. The number of aromatic nitrogens is 2. The molecule has 2 heterocycles. The van der Waals surface area contributed by atoms with E-state index in [9.17, 15) is 9.59 Å². The van der Waals surface area contributed by atoms with Crippen molar-refractivity contribution in [2.75, 3.05) is 18.8 Å². The zero-order valence-corrected chi connectivity index (χ0v) is 14.9. The third-order valence-corrected chi connectivity index (χ3v) is 5.60. The number of carbonyl (C=O) groups excluding carboxylic acids is 1. The van der Waals surface area contributed by atoms with Gasteiger partial charge in [0.1, 0.15) is 0 Å². The third-order valence-electron chi connectivity index (χ3n) is 3.69. The maximum absolute atomic E-state index is 12.1. The highest BCUT2D eigenvalue weighted by Gasteiger charge is 2.18. The van der Waals surface area contributed by atoms with Gasteiger partial charge in [-0.05, 0) is 25.0 Å². The Kier molecular flexibility index (Phi) is 5.98. The van der Waals surface area contributed by atoms with Crippen molar-refractivity contribution in [2.45, 2.75) is 28.6 Å². The summed E-state index contributed by atoms with van der Waals surface area (Å²) < 4.78 is 0. The van der Waals surface area contributed by atoms with Crippen molar-refractivity contribution in [3.63, 3.8) is 0 Å². The fraction of sp³-hybridized carbons (Fsp3) is 0.353. The van der Waals surface area contributed by atoms with Gasteiger partial charge in [-0.15, -0.1) is 11.8 Å². The summed E-state index contributed by atoms with van der Waals surface area (Å²) in [5, 5.41) is 0.513. The topological polar surface area (TPSA) is 66.1 Å². The lowest BCUT2D eigenvalue weighted by molar-refractivity contribution is -0.127. The van der Waals surface area contributed by atoms with Crippen molar-refractivity contribution in [3.8, 4) is 0 Å². The average Bonchev–Trinajstić information content (AvgIpc) is 3.13. The predicted molar refractivity (Wildman–Crippen MR) is 97.4 cm³/mol. The van der Waals surface area contributed by atoms with E-state index >= 15 is 0 Å². The third kappa shape index (κ3) is 4.88. The maximum atomic E-state index is 12.1. The number of H-pyrrole nitrogens is 1. The van der Waals surface area contributed by atoms with Gasteiger partial charge in [-0.3, -0.25) is 9.59 Å². The predicted octanol–water partition coefficient (Wildman–Crippen LogP) is 2.78. The molecule has 0 radical (unpaired) electrons. The van der Waals surface area contributed by atoms with Gasteiger partial charge in [0.25, 0.3) is 5.56 Å². The minimum absolute atomic E-state index is 0.115. The van der Waals surface area contributed by atoms with Crippen LogP contribution in [0.1, 0.15) is 18.5 Å². The first-order chi connectivity index (χ1) is 11.7. The van der Waals surface area contributed by atoms with E-state index in [-0.39, 0.29) is 11.5 Å². The van der Waals surface area contributed by atoms with Crippen LogP contribution in [0.4, 0.5) is 0 Å². The fourth-order valence-electron chi connectivity index (χ4n) is 2.49. The van der Waals surface area contributed by atoms with Crippen LogP contribution in [-0.4, -0.2) is 39.6 Å². The maximum Gasteiger partial charge on any atom is 0.251 e. The molecular formula is C17H19N3O2S2. The van der Waals surface area contributed by atoms with Crippen LogP contribution in [0.3, 0.4) is 0 Å². The van der Waals surface area contributed by atoms with E-state index in [2.05, 4.69) is 9.97 Å². The lowest BCUT2D eigenvalue weighted by atomic mass is 10.4. The number of nitrogens with one attached hydrogen (secondary N) is 1. The van der Waals surface area contributed by atoms with Gasteiger partial charge in [-0.1, -0.05) is 30.0 Å². The standard InChI is InChI=1S/C17H19N3O2S2/c21-15-10-13(11-23-14-6-2-1-3-7-14)18-17(19-15)24-12-16(22)20-8-4-5-9-20/h1-3,6-7,10H,4-5,8-9,11-12H2,(H,18,19,21). The smallest absolute Gasteiger partial charge is 0.251 e. The molecule has 0 bridgehead atoms. The summed E-state index contributed by atoms with van der Waals surface area (Å²) in [6.07, 6.45) is 2.16. The highest BCUT2D eigenvalue weighted by Crippen LogP contribution is 2.22. The zero-order chi connectivity index (χ0) is 16.8. The molecule has 0 saturated carbocycles. The number of hydrogen-bond donors (Lipinski definition) is 1. The molecule has 126 valence electrons. The van der Waals surface area contributed by atoms with Crippen molar-refractivity contribution in [1.82, 2.24) is 14.9 Å². The van der Waals surface area contributed by atoms with E-state index in [0.717, 1.165) is 36.5 Å². The van der Waals surface area contributed by atoms with Crippen LogP contribution in [0.5, 0.6) is 0 Å². The SMILES string of the molecule is O=C(CSc1nc(CSc2ccccc2)cc(=O)[nH]1)N1CCCC1. The minimum atomic E-state index is -0.176. The first-order valence-corrected chi connectivity index (χ1v) is 9.86. The molecule has 1 aliphatic heterocycles. The summed E-state index contributed by atoms with van der Waals surface area (Å²) in [6.45, 7) is 1.69. The van der Waals surface area contributed by atoms with Crippen molar-refractivity contribution in [3.05, 3.63) is 52.4 Å². The molecule has 0 spiro atoms. The normalized spacial score (nSPS) is 14.1. The Bertz CT molecular complexity index is 743. The molecule has 1 aromatic carbocycles. The first kappa shape index (κ1) is 17.1. The molecule has 1 amide bonds. The molecule has 7 heteroatoms. The van der Waals surface area contributed by atoms with Crippen LogP contribution in [-0.2, 0) is 10.5 Å². The van der Waals surface area contributed by atoms with Gasteiger partial charge < -0.3 is 9.88 Å². The summed E-state index contributed by atoms with van der Waals surface area (Å²) in [6, 6.07) is 11.5. The van der Waals surface area contributed by atoms with Crippen LogP contribution in [0.2, 0.25) is 0 Å². The molecule has 1 saturated heterocycles. The van der Waals surface area contributed by atoms with Crippen LogP contribution in [0.25, 0.3) is 0 Å². The Morgan fingerprint density at radius 3 is 2.67 bits per heavy atom. The van der Waals surface area contributed by atoms with Gasteiger partial charge in [0.05, 0.1) is 11.4 Å². The number of rotatable bonds is 6. The summed E-state index contributed by atoms with van der Waals surface area (Å²) in [5.41, 5.74) is 0.550. The molecule has 0 unspecified atom stereocenters. The molecule has 0 aliphatic carbocycles. The molecule has 3 rings (SSSR count). The molecular weight excluding hydrogens is 342 g/mol. The lowest BCUT2D eigenvalue weighted by Gasteiger charge is -2.14. The average molecular weight is 361 g/mol. The van der Waals surface area contributed by atoms with Gasteiger partial charge in [0.2, 0.25) is 5.91 Å². The van der Waals surface area contributed by atoms with Gasteiger partial charge in [0.15, 0.2) is 5.16 Å². The number of amides is 1. The summed E-state index contributed by atoms with van der Waals surface area (Å²) in [4.78, 5) is 34.1. The molecule has 1 aliphatic rings. The molecule has 1 fully saturated rings. The summed E-state index contributed by atoms with van der Waals surface area (Å²) in [7, 11) is 0. The summed E-state index contributed by atoms with van der Waals surface area (Å²) in [5.74, 6) is 1.06. The Balaban J connectivity index is 1.58. The highest BCUT2D eigenvalue weighted by molar-refractivity contribution is 7.99. The monoisotopic (exact) mass is 361 g/mol. The van der Waals surface area contributed by atoms with Crippen LogP contribution < -0.4 is 5.56 Å². The Labute approximate surface area is 149 Å². The number of benzene rings is 1. The minimum Gasteiger partial charge on any atom is -0.342 e. The molecule has 0 atom stereocenters. The number of thioether (sulfide) groups is 2. The van der Waals surface area contributed by atoms with E-state index in [1.807, 2.05) is 35.2 Å². The first-order valence-electron chi connectivity index (χ1n) is 7.89. The van der Waals surface area contributed by atoms with Gasteiger partial charge in [-0.2, -0.15) is 0 Å². The molecule has 1 aromatic heterocycles. The molecule has 1 N–H and O–H groups in total. The van der Waals surface area contributed by atoms with Gasteiger partial charge >= 0.3 is 0 Å². The van der Waals surface area contributed by atoms with E-state index in [1.54, 1.807) is 11.8 Å². The Morgan fingerprint density at radius 2 is 1.92 bits per heavy atom. The summed E-state index contributed by atoms with van der Waals surface area (Å²) >= 11 is 2.93. The fourth-order valence-corrected chi connectivity index (χ4v) is 4.10. The van der Waals surface area contributed by atoms with Crippen LogP contribution in [0, 0.1) is 0 Å².